The smallest absolute Gasteiger partial charge is 0.238 e. The summed E-state index contributed by atoms with van der Waals surface area (Å²) in [6, 6.07) is 12.2. The molecule has 2 aromatic carbocycles. The van der Waals surface area contributed by atoms with E-state index in [1.165, 1.54) is 23.9 Å². The van der Waals surface area contributed by atoms with Gasteiger partial charge in [-0.15, -0.1) is 0 Å². The number of hydrogen-bond acceptors (Lipinski definition) is 6. The SMILES string of the molecule is CCn1c(SCC(=O)NC2CCOc3ccccc32)nc2cc(S(N)(=O)=O)ccc21. The quantitative estimate of drug-likeness (QED) is 0.562. The Morgan fingerprint density at radius 1 is 1.33 bits per heavy atom. The van der Waals surface area contributed by atoms with Gasteiger partial charge in [0.15, 0.2) is 5.16 Å². The Labute approximate surface area is 178 Å². The minimum atomic E-state index is -3.80. The molecule has 1 atom stereocenters. The molecule has 0 saturated heterocycles. The highest BCUT2D eigenvalue weighted by Crippen LogP contribution is 2.32. The van der Waals surface area contributed by atoms with Crippen molar-refractivity contribution in [2.45, 2.75) is 36.0 Å². The van der Waals surface area contributed by atoms with Gasteiger partial charge in [0.25, 0.3) is 0 Å². The van der Waals surface area contributed by atoms with Crippen molar-refractivity contribution in [3.05, 3.63) is 48.0 Å². The summed E-state index contributed by atoms with van der Waals surface area (Å²) in [5.74, 6) is 0.909. The summed E-state index contributed by atoms with van der Waals surface area (Å²) < 4.78 is 30.8. The molecule has 3 N–H and O–H groups in total. The van der Waals surface area contributed by atoms with Gasteiger partial charge in [0, 0.05) is 18.5 Å². The van der Waals surface area contributed by atoms with E-state index in [-0.39, 0.29) is 22.6 Å². The van der Waals surface area contributed by atoms with Gasteiger partial charge in [-0.2, -0.15) is 0 Å². The van der Waals surface area contributed by atoms with Crippen LogP contribution in [-0.2, 0) is 21.4 Å². The first-order chi connectivity index (χ1) is 14.4. The lowest BCUT2D eigenvalue weighted by atomic mass is 10.0. The number of ether oxygens (including phenoxy) is 1. The number of aryl methyl sites for hydroxylation is 1. The standard InChI is InChI=1S/C20H22N4O4S2/c1-2-24-17-8-7-13(30(21,26)27)11-16(17)23-20(24)29-12-19(25)22-15-9-10-28-18-6-4-3-5-14(15)18/h3-8,11,15H,2,9-10,12H2,1H3,(H,22,25)(H2,21,26,27). The molecule has 158 valence electrons. The van der Waals surface area contributed by atoms with Gasteiger partial charge >= 0.3 is 0 Å². The second-order valence-corrected chi connectivity index (χ2v) is 9.42. The van der Waals surface area contributed by atoms with Crippen LogP contribution in [0.4, 0.5) is 0 Å². The molecule has 1 aliphatic heterocycles. The minimum absolute atomic E-state index is 0.0169. The zero-order chi connectivity index (χ0) is 21.3. The van der Waals surface area contributed by atoms with Crippen LogP contribution in [0.15, 0.2) is 52.5 Å². The zero-order valence-corrected chi connectivity index (χ0v) is 18.0. The lowest BCUT2D eigenvalue weighted by Gasteiger charge is -2.26. The lowest BCUT2D eigenvalue weighted by molar-refractivity contribution is -0.119. The molecule has 0 saturated carbocycles. The number of aromatic nitrogens is 2. The summed E-state index contributed by atoms with van der Waals surface area (Å²) in [6.07, 6.45) is 0.719. The number of primary sulfonamides is 1. The van der Waals surface area contributed by atoms with Gasteiger partial charge in [0.2, 0.25) is 15.9 Å². The average Bonchev–Trinajstić information content (AvgIpc) is 3.08. The van der Waals surface area contributed by atoms with Crippen molar-refractivity contribution < 1.29 is 17.9 Å². The van der Waals surface area contributed by atoms with Gasteiger partial charge in [-0.1, -0.05) is 30.0 Å². The van der Waals surface area contributed by atoms with Crippen LogP contribution in [0.3, 0.4) is 0 Å². The van der Waals surface area contributed by atoms with Crippen LogP contribution in [0, 0.1) is 0 Å². The first kappa shape index (κ1) is 20.7. The van der Waals surface area contributed by atoms with E-state index in [1.54, 1.807) is 6.07 Å². The maximum absolute atomic E-state index is 12.6. The number of rotatable bonds is 6. The van der Waals surface area contributed by atoms with Crippen LogP contribution in [-0.4, -0.2) is 36.2 Å². The molecular formula is C20H22N4O4S2. The maximum Gasteiger partial charge on any atom is 0.238 e. The maximum atomic E-state index is 12.6. The van der Waals surface area contributed by atoms with Crippen molar-refractivity contribution in [2.24, 2.45) is 5.14 Å². The van der Waals surface area contributed by atoms with E-state index in [1.807, 2.05) is 35.8 Å². The summed E-state index contributed by atoms with van der Waals surface area (Å²) in [5.41, 5.74) is 2.31. The normalized spacial score (nSPS) is 16.1. The van der Waals surface area contributed by atoms with Gasteiger partial charge in [0.1, 0.15) is 5.75 Å². The van der Waals surface area contributed by atoms with Crippen molar-refractivity contribution in [2.75, 3.05) is 12.4 Å². The second-order valence-electron chi connectivity index (χ2n) is 6.92. The fourth-order valence-electron chi connectivity index (χ4n) is 3.54. The Bertz CT molecular complexity index is 1210. The Morgan fingerprint density at radius 3 is 2.90 bits per heavy atom. The lowest BCUT2D eigenvalue weighted by Crippen LogP contribution is -2.33. The third kappa shape index (κ3) is 4.16. The zero-order valence-electron chi connectivity index (χ0n) is 16.4. The molecule has 0 aliphatic carbocycles. The van der Waals surface area contributed by atoms with Crippen LogP contribution in [0.5, 0.6) is 5.75 Å². The van der Waals surface area contributed by atoms with Gasteiger partial charge in [-0.05, 0) is 31.2 Å². The second kappa shape index (κ2) is 8.29. The molecule has 30 heavy (non-hydrogen) atoms. The number of nitrogens with zero attached hydrogens (tertiary/aromatic N) is 2. The molecule has 4 rings (SSSR count). The number of fused-ring (bicyclic) bond motifs is 2. The number of thioether (sulfide) groups is 1. The van der Waals surface area contributed by atoms with E-state index in [2.05, 4.69) is 10.3 Å². The van der Waals surface area contributed by atoms with Crippen molar-refractivity contribution >= 4 is 38.7 Å². The van der Waals surface area contributed by atoms with Gasteiger partial charge in [0.05, 0.1) is 34.3 Å². The molecule has 1 aromatic heterocycles. The number of hydrogen-bond donors (Lipinski definition) is 2. The van der Waals surface area contributed by atoms with Gasteiger partial charge in [-0.25, -0.2) is 18.5 Å². The molecule has 0 fully saturated rings. The van der Waals surface area contributed by atoms with Crippen LogP contribution in [0.1, 0.15) is 24.9 Å². The fraction of sp³-hybridized carbons (Fsp3) is 0.300. The largest absolute Gasteiger partial charge is 0.493 e. The van der Waals surface area contributed by atoms with Gasteiger partial charge in [-0.3, -0.25) is 4.79 Å². The highest BCUT2D eigenvalue weighted by Gasteiger charge is 2.23. The number of amides is 1. The summed E-state index contributed by atoms with van der Waals surface area (Å²) in [4.78, 5) is 17.1. The van der Waals surface area contributed by atoms with Crippen LogP contribution < -0.4 is 15.2 Å². The van der Waals surface area contributed by atoms with Crippen LogP contribution in [0.25, 0.3) is 11.0 Å². The monoisotopic (exact) mass is 446 g/mol. The van der Waals surface area contributed by atoms with E-state index in [0.717, 1.165) is 23.3 Å². The fourth-order valence-corrected chi connectivity index (χ4v) is 4.96. The van der Waals surface area contributed by atoms with E-state index in [4.69, 9.17) is 9.88 Å². The summed E-state index contributed by atoms with van der Waals surface area (Å²) in [5, 5.41) is 8.94. The van der Waals surface area contributed by atoms with Gasteiger partial charge < -0.3 is 14.6 Å². The van der Waals surface area contributed by atoms with Crippen LogP contribution >= 0.6 is 11.8 Å². The Kier molecular flexibility index (Phi) is 5.72. The molecule has 1 aliphatic rings. The molecule has 0 spiro atoms. The Morgan fingerprint density at radius 2 is 2.13 bits per heavy atom. The molecule has 3 aromatic rings. The van der Waals surface area contributed by atoms with Crippen LogP contribution in [0.2, 0.25) is 0 Å². The number of carbonyl (C=O) groups is 1. The number of para-hydroxylation sites is 1. The summed E-state index contributed by atoms with van der Waals surface area (Å²) in [6.45, 7) is 3.17. The third-order valence-electron chi connectivity index (χ3n) is 4.96. The molecular weight excluding hydrogens is 424 g/mol. The minimum Gasteiger partial charge on any atom is -0.493 e. The van der Waals surface area contributed by atoms with E-state index in [9.17, 15) is 13.2 Å². The molecule has 8 nitrogen and oxygen atoms in total. The summed E-state index contributed by atoms with van der Waals surface area (Å²) >= 11 is 1.32. The van der Waals surface area contributed by atoms with Crippen molar-refractivity contribution in [3.8, 4) is 5.75 Å². The van der Waals surface area contributed by atoms with E-state index >= 15 is 0 Å². The Hall–Kier alpha value is -2.56. The van der Waals surface area contributed by atoms with E-state index in [0.29, 0.717) is 23.8 Å². The van der Waals surface area contributed by atoms with Crippen molar-refractivity contribution in [1.29, 1.82) is 0 Å². The number of nitrogens with one attached hydrogen (secondary N) is 1. The predicted octanol–water partition coefficient (Wildman–Crippen LogP) is 2.44. The predicted molar refractivity (Wildman–Crippen MR) is 115 cm³/mol. The topological polar surface area (TPSA) is 116 Å². The first-order valence-electron chi connectivity index (χ1n) is 9.54. The first-order valence-corrected chi connectivity index (χ1v) is 12.1. The molecule has 10 heteroatoms. The highest BCUT2D eigenvalue weighted by atomic mass is 32.2. The number of benzene rings is 2. The Balaban J connectivity index is 1.49. The third-order valence-corrected chi connectivity index (χ3v) is 6.84. The van der Waals surface area contributed by atoms with Crippen molar-refractivity contribution in [1.82, 2.24) is 14.9 Å². The van der Waals surface area contributed by atoms with Crippen molar-refractivity contribution in [3.63, 3.8) is 0 Å². The number of sulfonamides is 1. The summed E-state index contributed by atoms with van der Waals surface area (Å²) in [7, 11) is -3.80. The number of carbonyl (C=O) groups excluding carboxylic acids is 1. The molecule has 2 heterocycles. The highest BCUT2D eigenvalue weighted by molar-refractivity contribution is 7.99. The average molecular weight is 447 g/mol. The molecule has 1 amide bonds. The van der Waals surface area contributed by atoms with E-state index < -0.39 is 10.0 Å². The molecule has 0 bridgehead atoms. The molecule has 1 unspecified atom stereocenters. The molecule has 0 radical (unpaired) electrons. The number of imidazole rings is 1. The number of nitrogens with two attached hydrogens (primary N) is 1.